The molecule has 0 aliphatic rings. The first-order valence-electron chi connectivity index (χ1n) is 6.75. The van der Waals surface area contributed by atoms with Crippen LogP contribution in [0.4, 0.5) is 0 Å². The van der Waals surface area contributed by atoms with E-state index in [0.717, 1.165) is 28.1 Å². The molecule has 1 atom stereocenters. The summed E-state index contributed by atoms with van der Waals surface area (Å²) in [5, 5.41) is 6.48. The van der Waals surface area contributed by atoms with Crippen LogP contribution in [0.5, 0.6) is 0 Å². The maximum atomic E-state index is 6.29. The molecule has 0 aliphatic carbocycles. The molecule has 0 bridgehead atoms. The lowest BCUT2D eigenvalue weighted by Gasteiger charge is -2.18. The van der Waals surface area contributed by atoms with Crippen LogP contribution < -0.4 is 5.32 Å². The van der Waals surface area contributed by atoms with E-state index < -0.39 is 0 Å². The Morgan fingerprint density at radius 2 is 1.85 bits per heavy atom. The average Bonchev–Trinajstić information content (AvgIpc) is 3.00. The van der Waals surface area contributed by atoms with Gasteiger partial charge >= 0.3 is 0 Å². The zero-order valence-electron chi connectivity index (χ0n) is 11.3. The van der Waals surface area contributed by atoms with Crippen molar-refractivity contribution in [2.24, 2.45) is 0 Å². The van der Waals surface area contributed by atoms with Crippen LogP contribution in [-0.4, -0.2) is 6.54 Å². The predicted octanol–water partition coefficient (Wildman–Crippen LogP) is 4.79. The van der Waals surface area contributed by atoms with Gasteiger partial charge in [0.05, 0.1) is 12.3 Å². The Labute approximate surface area is 123 Å². The highest BCUT2D eigenvalue weighted by Gasteiger charge is 2.18. The smallest absolute Gasteiger partial charge is 0.125 e. The lowest BCUT2D eigenvalue weighted by molar-refractivity contribution is 0.453. The molecule has 0 radical (unpaired) electrons. The molecule has 3 aromatic rings. The molecule has 3 rings (SSSR count). The minimum Gasteiger partial charge on any atom is -0.467 e. The van der Waals surface area contributed by atoms with Gasteiger partial charge < -0.3 is 9.73 Å². The van der Waals surface area contributed by atoms with Gasteiger partial charge in [0.2, 0.25) is 0 Å². The molecule has 0 saturated carbocycles. The fourth-order valence-electron chi connectivity index (χ4n) is 2.56. The van der Waals surface area contributed by atoms with E-state index in [-0.39, 0.29) is 6.04 Å². The van der Waals surface area contributed by atoms with Crippen LogP contribution in [0.25, 0.3) is 10.8 Å². The second-order valence-corrected chi connectivity index (χ2v) is 5.10. The molecule has 1 heterocycles. The lowest BCUT2D eigenvalue weighted by atomic mass is 9.97. The fraction of sp³-hybridized carbons (Fsp3) is 0.176. The number of furan rings is 1. The quantitative estimate of drug-likeness (QED) is 0.746. The maximum absolute atomic E-state index is 6.29. The number of hydrogen-bond acceptors (Lipinski definition) is 2. The first-order chi connectivity index (χ1) is 9.81. The van der Waals surface area contributed by atoms with Crippen molar-refractivity contribution in [1.29, 1.82) is 0 Å². The van der Waals surface area contributed by atoms with Crippen LogP contribution in [0.2, 0.25) is 5.02 Å². The van der Waals surface area contributed by atoms with Gasteiger partial charge in [-0.15, -0.1) is 0 Å². The third-order valence-electron chi connectivity index (χ3n) is 3.45. The SMILES string of the molecule is CCNC(c1ccco1)c1ccc(Cl)c2ccccc12. The molecule has 0 saturated heterocycles. The van der Waals surface area contributed by atoms with Gasteiger partial charge in [-0.2, -0.15) is 0 Å². The van der Waals surface area contributed by atoms with Gasteiger partial charge in [-0.05, 0) is 35.7 Å². The summed E-state index contributed by atoms with van der Waals surface area (Å²) in [5.74, 6) is 0.916. The summed E-state index contributed by atoms with van der Waals surface area (Å²) < 4.78 is 5.59. The standard InChI is InChI=1S/C17H16ClNO/c1-2-19-17(16-8-5-11-20-16)14-9-10-15(18)13-7-4-3-6-12(13)14/h3-11,17,19H,2H2,1H3. The predicted molar refractivity (Wildman–Crippen MR) is 83.2 cm³/mol. The Kier molecular flexibility index (Phi) is 3.77. The molecule has 1 N–H and O–H groups in total. The van der Waals surface area contributed by atoms with E-state index in [1.54, 1.807) is 6.26 Å². The molecular formula is C17H16ClNO. The lowest BCUT2D eigenvalue weighted by Crippen LogP contribution is -2.21. The van der Waals surface area contributed by atoms with Crippen molar-refractivity contribution in [3.05, 3.63) is 71.1 Å². The molecule has 20 heavy (non-hydrogen) atoms. The van der Waals surface area contributed by atoms with E-state index in [2.05, 4.69) is 24.4 Å². The highest BCUT2D eigenvalue weighted by Crippen LogP contribution is 2.32. The average molecular weight is 286 g/mol. The summed E-state index contributed by atoms with van der Waals surface area (Å²) >= 11 is 6.29. The molecular weight excluding hydrogens is 270 g/mol. The number of fused-ring (bicyclic) bond motifs is 1. The van der Waals surface area contributed by atoms with Crippen molar-refractivity contribution < 1.29 is 4.42 Å². The third kappa shape index (κ3) is 2.33. The number of rotatable bonds is 4. The number of halogens is 1. The minimum absolute atomic E-state index is 0.0390. The van der Waals surface area contributed by atoms with Crippen molar-refractivity contribution >= 4 is 22.4 Å². The van der Waals surface area contributed by atoms with Crippen molar-refractivity contribution in [1.82, 2.24) is 5.32 Å². The van der Waals surface area contributed by atoms with Gasteiger partial charge in [-0.25, -0.2) is 0 Å². The van der Waals surface area contributed by atoms with E-state index >= 15 is 0 Å². The second kappa shape index (κ2) is 5.70. The first kappa shape index (κ1) is 13.2. The van der Waals surface area contributed by atoms with E-state index in [1.165, 1.54) is 5.56 Å². The summed E-state index contributed by atoms with van der Waals surface area (Å²) in [6.07, 6.45) is 1.71. The topological polar surface area (TPSA) is 25.2 Å². The van der Waals surface area contributed by atoms with Crippen LogP contribution >= 0.6 is 11.6 Å². The Hall–Kier alpha value is -1.77. The summed E-state index contributed by atoms with van der Waals surface area (Å²) in [6.45, 7) is 2.95. The molecule has 102 valence electrons. The van der Waals surface area contributed by atoms with Gasteiger partial charge in [0.25, 0.3) is 0 Å². The van der Waals surface area contributed by atoms with Crippen molar-refractivity contribution in [3.8, 4) is 0 Å². The molecule has 3 heteroatoms. The highest BCUT2D eigenvalue weighted by atomic mass is 35.5. The largest absolute Gasteiger partial charge is 0.467 e. The van der Waals surface area contributed by atoms with E-state index in [1.807, 2.05) is 36.4 Å². The monoisotopic (exact) mass is 285 g/mol. The number of benzene rings is 2. The van der Waals surface area contributed by atoms with Gasteiger partial charge in [0.1, 0.15) is 5.76 Å². The number of hydrogen-bond donors (Lipinski definition) is 1. The summed E-state index contributed by atoms with van der Waals surface area (Å²) in [6, 6.07) is 16.2. The van der Waals surface area contributed by atoms with Crippen LogP contribution in [0.3, 0.4) is 0 Å². The van der Waals surface area contributed by atoms with Crippen LogP contribution in [0.15, 0.2) is 59.2 Å². The second-order valence-electron chi connectivity index (χ2n) is 4.69. The highest BCUT2D eigenvalue weighted by molar-refractivity contribution is 6.35. The molecule has 0 spiro atoms. The first-order valence-corrected chi connectivity index (χ1v) is 7.13. The summed E-state index contributed by atoms with van der Waals surface area (Å²) in [7, 11) is 0. The molecule has 2 nitrogen and oxygen atoms in total. The van der Waals surface area contributed by atoms with E-state index in [9.17, 15) is 0 Å². The zero-order valence-corrected chi connectivity index (χ0v) is 12.0. The maximum Gasteiger partial charge on any atom is 0.125 e. The molecule has 2 aromatic carbocycles. The normalized spacial score (nSPS) is 12.7. The van der Waals surface area contributed by atoms with E-state index in [4.69, 9.17) is 16.0 Å². The molecule has 0 amide bonds. The third-order valence-corrected chi connectivity index (χ3v) is 3.78. The fourth-order valence-corrected chi connectivity index (χ4v) is 2.79. The Morgan fingerprint density at radius 3 is 2.55 bits per heavy atom. The number of nitrogens with one attached hydrogen (secondary N) is 1. The van der Waals surface area contributed by atoms with Crippen molar-refractivity contribution in [3.63, 3.8) is 0 Å². The Balaban J connectivity index is 2.19. The van der Waals surface area contributed by atoms with Crippen LogP contribution in [-0.2, 0) is 0 Å². The van der Waals surface area contributed by atoms with E-state index in [0.29, 0.717) is 0 Å². The molecule has 1 unspecified atom stereocenters. The zero-order chi connectivity index (χ0) is 13.9. The van der Waals surface area contributed by atoms with Gasteiger partial charge in [-0.3, -0.25) is 0 Å². The van der Waals surface area contributed by atoms with Gasteiger partial charge in [0.15, 0.2) is 0 Å². The molecule has 0 aliphatic heterocycles. The molecule has 0 fully saturated rings. The summed E-state index contributed by atoms with van der Waals surface area (Å²) in [4.78, 5) is 0. The summed E-state index contributed by atoms with van der Waals surface area (Å²) in [5.41, 5.74) is 1.18. The molecule has 1 aromatic heterocycles. The minimum atomic E-state index is 0.0390. The van der Waals surface area contributed by atoms with Crippen LogP contribution in [0, 0.1) is 0 Å². The van der Waals surface area contributed by atoms with Gasteiger partial charge in [0, 0.05) is 10.4 Å². The van der Waals surface area contributed by atoms with Gasteiger partial charge in [-0.1, -0.05) is 48.9 Å². The van der Waals surface area contributed by atoms with Crippen molar-refractivity contribution in [2.75, 3.05) is 6.54 Å². The Morgan fingerprint density at radius 1 is 1.05 bits per heavy atom. The Bertz CT molecular complexity index is 706. The van der Waals surface area contributed by atoms with Crippen molar-refractivity contribution in [2.45, 2.75) is 13.0 Å². The van der Waals surface area contributed by atoms with Crippen LogP contribution in [0.1, 0.15) is 24.3 Å².